The third kappa shape index (κ3) is 2.27. The number of urea groups is 1. The average Bonchev–Trinajstić information content (AvgIpc) is 2.63. The number of nitrogens with one attached hydrogen (secondary N) is 1. The SMILES string of the molecule is O=C1CC(O)NC(=O)N1CC1CCCO1. The smallest absolute Gasteiger partial charge is 0.326 e. The Morgan fingerprint density at radius 1 is 1.53 bits per heavy atom. The minimum Gasteiger partial charge on any atom is -0.376 e. The minimum atomic E-state index is -1.05. The lowest BCUT2D eigenvalue weighted by Crippen LogP contribution is -2.56. The highest BCUT2D eigenvalue weighted by Gasteiger charge is 2.33. The molecule has 2 heterocycles. The molecule has 0 bridgehead atoms. The maximum atomic E-state index is 11.5. The molecule has 2 aliphatic heterocycles. The second-order valence-corrected chi connectivity index (χ2v) is 3.81. The molecular formula is C9H14N2O4. The summed E-state index contributed by atoms with van der Waals surface area (Å²) in [6.45, 7) is 0.980. The standard InChI is InChI=1S/C9H14N2O4/c12-7-4-8(13)11(9(14)10-7)5-6-2-1-3-15-6/h6-7,12H,1-5H2,(H,10,14). The number of nitrogens with zero attached hydrogens (tertiary/aromatic N) is 1. The van der Waals surface area contributed by atoms with Gasteiger partial charge >= 0.3 is 6.03 Å². The van der Waals surface area contributed by atoms with Crippen molar-refractivity contribution in [2.75, 3.05) is 13.2 Å². The topological polar surface area (TPSA) is 78.9 Å². The van der Waals surface area contributed by atoms with Gasteiger partial charge in [0.2, 0.25) is 5.91 Å². The Bertz CT molecular complexity index is 257. The zero-order valence-electron chi connectivity index (χ0n) is 8.31. The van der Waals surface area contributed by atoms with Gasteiger partial charge in [-0.25, -0.2) is 4.79 Å². The first kappa shape index (κ1) is 10.4. The molecule has 0 radical (unpaired) electrons. The van der Waals surface area contributed by atoms with Crippen molar-refractivity contribution in [1.29, 1.82) is 0 Å². The first-order chi connectivity index (χ1) is 7.16. The van der Waals surface area contributed by atoms with Crippen LogP contribution in [0.5, 0.6) is 0 Å². The summed E-state index contributed by atoms with van der Waals surface area (Å²) in [5.41, 5.74) is 0. The zero-order chi connectivity index (χ0) is 10.8. The van der Waals surface area contributed by atoms with Crippen LogP contribution in [0.2, 0.25) is 0 Å². The van der Waals surface area contributed by atoms with Gasteiger partial charge in [-0.1, -0.05) is 0 Å². The van der Waals surface area contributed by atoms with E-state index in [2.05, 4.69) is 5.32 Å². The molecular weight excluding hydrogens is 200 g/mol. The van der Waals surface area contributed by atoms with E-state index in [-0.39, 0.29) is 25.0 Å². The first-order valence-corrected chi connectivity index (χ1v) is 5.07. The number of imide groups is 1. The Hall–Kier alpha value is -1.14. The third-order valence-corrected chi connectivity index (χ3v) is 2.61. The van der Waals surface area contributed by atoms with Gasteiger partial charge in [0.25, 0.3) is 0 Å². The van der Waals surface area contributed by atoms with E-state index in [0.717, 1.165) is 17.7 Å². The Morgan fingerprint density at radius 2 is 2.33 bits per heavy atom. The summed E-state index contributed by atoms with van der Waals surface area (Å²) in [5, 5.41) is 11.4. The Labute approximate surface area is 87.2 Å². The van der Waals surface area contributed by atoms with E-state index in [4.69, 9.17) is 9.84 Å². The van der Waals surface area contributed by atoms with Gasteiger partial charge in [-0.05, 0) is 12.8 Å². The van der Waals surface area contributed by atoms with Crippen molar-refractivity contribution < 1.29 is 19.4 Å². The molecule has 0 aromatic carbocycles. The molecule has 15 heavy (non-hydrogen) atoms. The van der Waals surface area contributed by atoms with Crippen molar-refractivity contribution in [3.8, 4) is 0 Å². The van der Waals surface area contributed by atoms with Crippen LogP contribution in [0.3, 0.4) is 0 Å². The lowest BCUT2D eigenvalue weighted by Gasteiger charge is -2.30. The monoisotopic (exact) mass is 214 g/mol. The summed E-state index contributed by atoms with van der Waals surface area (Å²) < 4.78 is 5.34. The fourth-order valence-electron chi connectivity index (χ4n) is 1.84. The Balaban J connectivity index is 1.94. The molecule has 0 aliphatic carbocycles. The third-order valence-electron chi connectivity index (χ3n) is 2.61. The fraction of sp³-hybridized carbons (Fsp3) is 0.778. The van der Waals surface area contributed by atoms with E-state index in [1.807, 2.05) is 0 Å². The summed E-state index contributed by atoms with van der Waals surface area (Å²) in [4.78, 5) is 23.9. The van der Waals surface area contributed by atoms with Gasteiger partial charge < -0.3 is 15.2 Å². The summed E-state index contributed by atoms with van der Waals surface area (Å²) in [7, 11) is 0. The van der Waals surface area contributed by atoms with Gasteiger partial charge in [0.15, 0.2) is 0 Å². The van der Waals surface area contributed by atoms with Crippen molar-refractivity contribution in [3.63, 3.8) is 0 Å². The highest BCUT2D eigenvalue weighted by molar-refractivity contribution is 5.97. The van der Waals surface area contributed by atoms with Crippen molar-refractivity contribution >= 4 is 11.9 Å². The molecule has 2 fully saturated rings. The van der Waals surface area contributed by atoms with Gasteiger partial charge in [0.1, 0.15) is 6.23 Å². The van der Waals surface area contributed by atoms with Crippen LogP contribution in [-0.4, -0.2) is 47.4 Å². The average molecular weight is 214 g/mol. The highest BCUT2D eigenvalue weighted by Crippen LogP contribution is 2.15. The lowest BCUT2D eigenvalue weighted by atomic mass is 10.2. The molecule has 0 aromatic rings. The summed E-state index contributed by atoms with van der Waals surface area (Å²) in [5.74, 6) is -0.346. The van der Waals surface area contributed by atoms with E-state index in [0.29, 0.717) is 6.61 Å². The molecule has 2 N–H and O–H groups in total. The molecule has 2 saturated heterocycles. The maximum absolute atomic E-state index is 11.5. The Kier molecular flexibility index (Phi) is 2.88. The summed E-state index contributed by atoms with van der Waals surface area (Å²) in [6.07, 6.45) is 0.690. The van der Waals surface area contributed by atoms with Crippen molar-refractivity contribution in [2.24, 2.45) is 0 Å². The fourth-order valence-corrected chi connectivity index (χ4v) is 1.84. The van der Waals surface area contributed by atoms with Gasteiger partial charge in [0, 0.05) is 6.61 Å². The molecule has 6 heteroatoms. The van der Waals surface area contributed by atoms with Crippen molar-refractivity contribution in [1.82, 2.24) is 10.2 Å². The summed E-state index contributed by atoms with van der Waals surface area (Å²) >= 11 is 0. The number of hydrogen-bond donors (Lipinski definition) is 2. The van der Waals surface area contributed by atoms with Crippen LogP contribution >= 0.6 is 0 Å². The number of carbonyl (C=O) groups excluding carboxylic acids is 2. The van der Waals surface area contributed by atoms with E-state index in [1.54, 1.807) is 0 Å². The molecule has 6 nitrogen and oxygen atoms in total. The number of ether oxygens (including phenoxy) is 1. The molecule has 2 rings (SSSR count). The van der Waals surface area contributed by atoms with Crippen molar-refractivity contribution in [3.05, 3.63) is 0 Å². The predicted octanol–water partition coefficient (Wildman–Crippen LogP) is -0.574. The van der Waals surface area contributed by atoms with Gasteiger partial charge in [0.05, 0.1) is 19.1 Å². The van der Waals surface area contributed by atoms with Crippen LogP contribution in [0.4, 0.5) is 4.79 Å². The molecule has 2 aliphatic rings. The van der Waals surface area contributed by atoms with Crippen LogP contribution in [0.25, 0.3) is 0 Å². The number of aliphatic hydroxyl groups is 1. The van der Waals surface area contributed by atoms with Gasteiger partial charge in [-0.2, -0.15) is 0 Å². The lowest BCUT2D eigenvalue weighted by molar-refractivity contribution is -0.134. The van der Waals surface area contributed by atoms with Gasteiger partial charge in [-0.3, -0.25) is 9.69 Å². The molecule has 0 spiro atoms. The van der Waals surface area contributed by atoms with Crippen LogP contribution in [-0.2, 0) is 9.53 Å². The summed E-state index contributed by atoms with van der Waals surface area (Å²) in [6, 6.07) is -0.533. The number of amides is 3. The first-order valence-electron chi connectivity index (χ1n) is 5.07. The van der Waals surface area contributed by atoms with Crippen LogP contribution in [0, 0.1) is 0 Å². The largest absolute Gasteiger partial charge is 0.376 e. The molecule has 2 unspecified atom stereocenters. The quantitative estimate of drug-likeness (QED) is 0.645. The maximum Gasteiger partial charge on any atom is 0.326 e. The van der Waals surface area contributed by atoms with E-state index >= 15 is 0 Å². The number of carbonyl (C=O) groups is 2. The normalized spacial score (nSPS) is 31.9. The van der Waals surface area contributed by atoms with Crippen LogP contribution < -0.4 is 5.32 Å². The predicted molar refractivity (Wildman–Crippen MR) is 49.8 cm³/mol. The van der Waals surface area contributed by atoms with Crippen LogP contribution in [0.1, 0.15) is 19.3 Å². The molecule has 0 saturated carbocycles. The van der Waals surface area contributed by atoms with Crippen molar-refractivity contribution in [2.45, 2.75) is 31.6 Å². The second kappa shape index (κ2) is 4.16. The minimum absolute atomic E-state index is 0.0463. The second-order valence-electron chi connectivity index (χ2n) is 3.81. The number of rotatable bonds is 2. The number of aliphatic hydroxyl groups excluding tert-OH is 1. The van der Waals surface area contributed by atoms with E-state index in [9.17, 15) is 9.59 Å². The molecule has 3 amide bonds. The van der Waals surface area contributed by atoms with E-state index in [1.165, 1.54) is 0 Å². The van der Waals surface area contributed by atoms with E-state index < -0.39 is 12.3 Å². The molecule has 2 atom stereocenters. The molecule has 0 aromatic heterocycles. The Morgan fingerprint density at radius 3 is 2.93 bits per heavy atom. The van der Waals surface area contributed by atoms with Crippen LogP contribution in [0.15, 0.2) is 0 Å². The molecule has 84 valence electrons. The zero-order valence-corrected chi connectivity index (χ0v) is 8.31. The number of hydrogen-bond acceptors (Lipinski definition) is 4. The highest BCUT2D eigenvalue weighted by atomic mass is 16.5. The van der Waals surface area contributed by atoms with Gasteiger partial charge in [-0.15, -0.1) is 0 Å².